The van der Waals surface area contributed by atoms with Gasteiger partial charge >= 0.3 is 0 Å². The summed E-state index contributed by atoms with van der Waals surface area (Å²) in [5.41, 5.74) is -0.0721. The fourth-order valence-corrected chi connectivity index (χ4v) is 3.15. The molecule has 3 aromatic rings. The predicted molar refractivity (Wildman–Crippen MR) is 121 cm³/mol. The average molecular weight is 536 g/mol. The highest BCUT2D eigenvalue weighted by atomic mass is 79.9. The van der Waals surface area contributed by atoms with E-state index < -0.39 is 36.0 Å². The van der Waals surface area contributed by atoms with Crippen LogP contribution in [-0.4, -0.2) is 21.2 Å². The molecule has 2 aromatic carbocycles. The van der Waals surface area contributed by atoms with Crippen LogP contribution >= 0.6 is 31.9 Å². The number of hydrogen-bond donors (Lipinski definition) is 2. The summed E-state index contributed by atoms with van der Waals surface area (Å²) in [6, 6.07) is 15.9. The van der Waals surface area contributed by atoms with E-state index in [-0.39, 0.29) is 0 Å². The summed E-state index contributed by atoms with van der Waals surface area (Å²) in [7, 11) is 0. The number of nitrogens with one attached hydrogen (secondary N) is 2. The number of hydrogen-bond acceptors (Lipinski definition) is 4. The molecule has 0 saturated heterocycles. The molecule has 0 fully saturated rings. The van der Waals surface area contributed by atoms with E-state index in [0.717, 1.165) is 30.4 Å². The van der Waals surface area contributed by atoms with Gasteiger partial charge in [0, 0.05) is 32.5 Å². The fraction of sp³-hybridized carbons (Fsp3) is 0.100. The number of amides is 2. The molecule has 154 valence electrons. The number of carbonyl (C=O) groups is 2. The third-order valence-corrected chi connectivity index (χ3v) is 5.07. The molecule has 2 N–H and O–H groups in total. The Balaban J connectivity index is 1.77. The number of benzene rings is 2. The van der Waals surface area contributed by atoms with Gasteiger partial charge in [0.1, 0.15) is 13.1 Å². The lowest BCUT2D eigenvalue weighted by atomic mass is 10.3. The second-order valence-electron chi connectivity index (χ2n) is 6.24. The van der Waals surface area contributed by atoms with Crippen molar-refractivity contribution in [3.8, 4) is 0 Å². The number of halogens is 2. The van der Waals surface area contributed by atoms with E-state index in [4.69, 9.17) is 0 Å². The first-order valence-electron chi connectivity index (χ1n) is 8.73. The van der Waals surface area contributed by atoms with Crippen molar-refractivity contribution in [3.63, 3.8) is 0 Å². The van der Waals surface area contributed by atoms with Gasteiger partial charge in [0.2, 0.25) is 11.8 Å². The minimum absolute atomic E-state index is 0.420. The second kappa shape index (κ2) is 9.68. The van der Waals surface area contributed by atoms with Crippen LogP contribution in [0.15, 0.2) is 79.2 Å². The van der Waals surface area contributed by atoms with Gasteiger partial charge in [0.15, 0.2) is 0 Å². The highest BCUT2D eigenvalue weighted by Gasteiger charge is 2.13. The third kappa shape index (κ3) is 5.77. The molecule has 0 atom stereocenters. The molecule has 8 nitrogen and oxygen atoms in total. The predicted octanol–water partition coefficient (Wildman–Crippen LogP) is 2.81. The van der Waals surface area contributed by atoms with Crippen molar-refractivity contribution in [2.45, 2.75) is 13.1 Å². The van der Waals surface area contributed by atoms with Gasteiger partial charge in [0.05, 0.1) is 0 Å². The van der Waals surface area contributed by atoms with Gasteiger partial charge < -0.3 is 10.6 Å². The van der Waals surface area contributed by atoms with Gasteiger partial charge in [-0.3, -0.25) is 19.2 Å². The van der Waals surface area contributed by atoms with Crippen molar-refractivity contribution in [3.05, 3.63) is 90.3 Å². The van der Waals surface area contributed by atoms with Crippen molar-refractivity contribution in [1.82, 2.24) is 9.36 Å². The summed E-state index contributed by atoms with van der Waals surface area (Å²) < 4.78 is 3.59. The largest absolute Gasteiger partial charge is 0.324 e. The molecule has 0 saturated carbocycles. The molecule has 3 rings (SSSR count). The Hall–Kier alpha value is -2.98. The Morgan fingerprint density at radius 1 is 0.633 bits per heavy atom. The van der Waals surface area contributed by atoms with Crippen LogP contribution in [0.2, 0.25) is 0 Å². The summed E-state index contributed by atoms with van der Waals surface area (Å²) in [6.07, 6.45) is 0. The third-order valence-electron chi connectivity index (χ3n) is 4.01. The van der Waals surface area contributed by atoms with E-state index in [1.807, 2.05) is 0 Å². The first kappa shape index (κ1) is 21.7. The Morgan fingerprint density at radius 2 is 0.967 bits per heavy atom. The summed E-state index contributed by atoms with van der Waals surface area (Å²) >= 11 is 6.61. The summed E-state index contributed by atoms with van der Waals surface area (Å²) in [6.45, 7) is -0.840. The Kier molecular flexibility index (Phi) is 7.01. The van der Waals surface area contributed by atoms with Gasteiger partial charge in [-0.2, -0.15) is 0 Å². The van der Waals surface area contributed by atoms with E-state index in [9.17, 15) is 19.2 Å². The zero-order chi connectivity index (χ0) is 21.7. The van der Waals surface area contributed by atoms with E-state index in [0.29, 0.717) is 11.4 Å². The maximum atomic E-state index is 12.4. The molecule has 10 heteroatoms. The number of aromatic nitrogens is 2. The van der Waals surface area contributed by atoms with Crippen molar-refractivity contribution in [2.24, 2.45) is 0 Å². The first-order chi connectivity index (χ1) is 14.3. The number of carbonyl (C=O) groups excluding carboxylic acids is 2. The molecule has 0 radical (unpaired) electrons. The monoisotopic (exact) mass is 534 g/mol. The average Bonchev–Trinajstić information content (AvgIpc) is 2.71. The quantitative estimate of drug-likeness (QED) is 0.506. The molecular weight excluding hydrogens is 520 g/mol. The van der Waals surface area contributed by atoms with Crippen LogP contribution in [0.4, 0.5) is 11.4 Å². The lowest BCUT2D eigenvalue weighted by molar-refractivity contribution is -0.119. The minimum Gasteiger partial charge on any atom is -0.324 e. The molecule has 0 unspecified atom stereocenters. The smallest absolute Gasteiger partial charge is 0.265 e. The molecule has 0 aliphatic carbocycles. The highest BCUT2D eigenvalue weighted by molar-refractivity contribution is 9.10. The van der Waals surface area contributed by atoms with Gasteiger partial charge in [-0.25, -0.2) is 9.36 Å². The number of anilines is 2. The fourth-order valence-electron chi connectivity index (χ4n) is 2.62. The Bertz CT molecular complexity index is 1090. The molecule has 1 aromatic heterocycles. The molecule has 30 heavy (non-hydrogen) atoms. The zero-order valence-corrected chi connectivity index (χ0v) is 18.6. The minimum atomic E-state index is -0.572. The van der Waals surface area contributed by atoms with Crippen LogP contribution in [0.1, 0.15) is 0 Å². The summed E-state index contributed by atoms with van der Waals surface area (Å²) in [4.78, 5) is 49.3. The topological polar surface area (TPSA) is 102 Å². The van der Waals surface area contributed by atoms with Crippen LogP contribution < -0.4 is 21.8 Å². The van der Waals surface area contributed by atoms with Crippen LogP contribution in [0, 0.1) is 0 Å². The molecule has 0 aliphatic rings. The van der Waals surface area contributed by atoms with Gasteiger partial charge in [-0.05, 0) is 48.5 Å². The SMILES string of the molecule is O=C(Cn1c(=O)ccc(=O)n1CC(=O)Nc1ccc(Br)cc1)Nc1ccc(Br)cc1. The number of rotatable bonds is 6. The second-order valence-corrected chi connectivity index (χ2v) is 8.07. The van der Waals surface area contributed by atoms with Crippen LogP contribution in [0.25, 0.3) is 0 Å². The highest BCUT2D eigenvalue weighted by Crippen LogP contribution is 2.15. The van der Waals surface area contributed by atoms with Crippen LogP contribution in [0.3, 0.4) is 0 Å². The van der Waals surface area contributed by atoms with Crippen LogP contribution in [-0.2, 0) is 22.7 Å². The lowest BCUT2D eigenvalue weighted by Crippen LogP contribution is -2.42. The Labute approximate surface area is 187 Å². The Morgan fingerprint density at radius 3 is 1.30 bits per heavy atom. The molecule has 2 amide bonds. The van der Waals surface area contributed by atoms with Gasteiger partial charge in [0.25, 0.3) is 11.1 Å². The molecule has 1 heterocycles. The van der Waals surface area contributed by atoms with Crippen LogP contribution in [0.5, 0.6) is 0 Å². The molecule has 0 bridgehead atoms. The molecular formula is C20H16Br2N4O4. The van der Waals surface area contributed by atoms with Crippen molar-refractivity contribution in [1.29, 1.82) is 0 Å². The van der Waals surface area contributed by atoms with Crippen molar-refractivity contribution >= 4 is 55.0 Å². The molecule has 0 aliphatic heterocycles. The first-order valence-corrected chi connectivity index (χ1v) is 10.3. The van der Waals surface area contributed by atoms with E-state index in [1.54, 1.807) is 48.5 Å². The van der Waals surface area contributed by atoms with Crippen molar-refractivity contribution < 1.29 is 9.59 Å². The normalized spacial score (nSPS) is 10.5. The van der Waals surface area contributed by atoms with E-state index >= 15 is 0 Å². The summed E-state index contributed by atoms with van der Waals surface area (Å²) in [5, 5.41) is 5.30. The van der Waals surface area contributed by atoms with Gasteiger partial charge in [-0.15, -0.1) is 0 Å². The van der Waals surface area contributed by atoms with E-state index in [1.165, 1.54) is 0 Å². The van der Waals surface area contributed by atoms with Crippen molar-refractivity contribution in [2.75, 3.05) is 10.6 Å². The molecule has 0 spiro atoms. The summed E-state index contributed by atoms with van der Waals surface area (Å²) in [5.74, 6) is -1.01. The van der Waals surface area contributed by atoms with E-state index in [2.05, 4.69) is 42.5 Å². The number of nitrogens with zero attached hydrogens (tertiary/aromatic N) is 2. The zero-order valence-electron chi connectivity index (χ0n) is 15.5. The van der Waals surface area contributed by atoms with Gasteiger partial charge in [-0.1, -0.05) is 31.9 Å². The lowest BCUT2D eigenvalue weighted by Gasteiger charge is -2.15. The maximum Gasteiger partial charge on any atom is 0.265 e. The standard InChI is InChI=1S/C20H16Br2N4O4/c21-13-1-5-15(6-2-13)23-17(27)11-25-19(29)9-10-20(30)26(25)12-18(28)24-16-7-3-14(22)4-8-16/h1-10H,11-12H2,(H,23,27)(H,24,28). The maximum absolute atomic E-state index is 12.4.